The van der Waals surface area contributed by atoms with Crippen molar-refractivity contribution in [2.24, 2.45) is 0 Å². The van der Waals surface area contributed by atoms with Crippen LogP contribution in [-0.2, 0) is 14.3 Å². The van der Waals surface area contributed by atoms with Gasteiger partial charge in [0.2, 0.25) is 5.91 Å². The summed E-state index contributed by atoms with van der Waals surface area (Å²) >= 11 is 1.65. The van der Waals surface area contributed by atoms with Gasteiger partial charge in [0.05, 0.1) is 13.5 Å². The van der Waals surface area contributed by atoms with E-state index in [4.69, 9.17) is 0 Å². The van der Waals surface area contributed by atoms with Crippen LogP contribution in [-0.4, -0.2) is 32.3 Å². The van der Waals surface area contributed by atoms with Crippen molar-refractivity contribution in [2.45, 2.75) is 17.7 Å². The Morgan fingerprint density at radius 3 is 2.33 bits per heavy atom. The molecule has 0 atom stereocenters. The van der Waals surface area contributed by atoms with E-state index in [2.05, 4.69) is 4.74 Å². The summed E-state index contributed by atoms with van der Waals surface area (Å²) in [6.45, 7) is 0. The highest BCUT2D eigenvalue weighted by atomic mass is 32.2. The number of carbonyl (C=O) groups excluding carboxylic acids is 2. The van der Waals surface area contributed by atoms with Crippen LogP contribution in [0.25, 0.3) is 0 Å². The smallest absolute Gasteiger partial charge is 0.306 e. The Morgan fingerprint density at radius 2 is 1.83 bits per heavy atom. The number of benzene rings is 1. The lowest BCUT2D eigenvalue weighted by Gasteiger charge is -2.17. The van der Waals surface area contributed by atoms with Crippen LogP contribution in [0.2, 0.25) is 0 Å². The van der Waals surface area contributed by atoms with Gasteiger partial charge in [0.1, 0.15) is 0 Å². The van der Waals surface area contributed by atoms with E-state index in [1.807, 2.05) is 30.5 Å². The number of hydrogen-bond donors (Lipinski definition) is 0. The number of rotatable bonds is 5. The third-order valence-electron chi connectivity index (χ3n) is 2.60. The van der Waals surface area contributed by atoms with Crippen LogP contribution < -0.4 is 4.90 Å². The van der Waals surface area contributed by atoms with Gasteiger partial charge in [-0.25, -0.2) is 0 Å². The molecule has 98 valence electrons. The Bertz CT molecular complexity index is 417. The standard InChI is InChI=1S/C13H17NO3S/c1-14(12(15)8-9-13(16)17-2)10-4-6-11(18-3)7-5-10/h4-7H,8-9H2,1-3H3. The van der Waals surface area contributed by atoms with Crippen molar-refractivity contribution in [3.05, 3.63) is 24.3 Å². The van der Waals surface area contributed by atoms with Crippen molar-refractivity contribution < 1.29 is 14.3 Å². The van der Waals surface area contributed by atoms with Gasteiger partial charge in [0, 0.05) is 24.1 Å². The Balaban J connectivity index is 2.59. The van der Waals surface area contributed by atoms with Gasteiger partial charge >= 0.3 is 5.97 Å². The first-order valence-electron chi connectivity index (χ1n) is 5.56. The van der Waals surface area contributed by atoms with E-state index >= 15 is 0 Å². The van der Waals surface area contributed by atoms with Crippen LogP contribution in [0.15, 0.2) is 29.2 Å². The van der Waals surface area contributed by atoms with Crippen molar-refractivity contribution in [3.8, 4) is 0 Å². The molecule has 0 fully saturated rings. The van der Waals surface area contributed by atoms with Gasteiger partial charge in [-0.2, -0.15) is 0 Å². The number of ether oxygens (including phenoxy) is 1. The number of methoxy groups -OCH3 is 1. The molecule has 4 nitrogen and oxygen atoms in total. The van der Waals surface area contributed by atoms with Crippen molar-refractivity contribution in [1.82, 2.24) is 0 Å². The first kappa shape index (κ1) is 14.6. The molecule has 0 bridgehead atoms. The average Bonchev–Trinajstić information content (AvgIpc) is 2.43. The molecule has 0 aliphatic rings. The summed E-state index contributed by atoms with van der Waals surface area (Å²) in [4.78, 5) is 25.5. The lowest BCUT2D eigenvalue weighted by molar-refractivity contribution is -0.141. The van der Waals surface area contributed by atoms with Gasteiger partial charge in [-0.3, -0.25) is 9.59 Å². The van der Waals surface area contributed by atoms with Gasteiger partial charge in [-0.05, 0) is 30.5 Å². The molecule has 0 saturated heterocycles. The minimum atomic E-state index is -0.366. The molecule has 0 N–H and O–H groups in total. The maximum Gasteiger partial charge on any atom is 0.306 e. The zero-order valence-corrected chi connectivity index (χ0v) is 11.6. The number of esters is 1. The maximum absolute atomic E-state index is 11.8. The first-order valence-corrected chi connectivity index (χ1v) is 6.78. The van der Waals surface area contributed by atoms with Gasteiger partial charge in [0.25, 0.3) is 0 Å². The zero-order valence-electron chi connectivity index (χ0n) is 10.8. The summed E-state index contributed by atoms with van der Waals surface area (Å²) in [5.41, 5.74) is 0.822. The fourth-order valence-corrected chi connectivity index (χ4v) is 1.84. The van der Waals surface area contributed by atoms with Gasteiger partial charge in [-0.15, -0.1) is 11.8 Å². The van der Waals surface area contributed by atoms with Crippen molar-refractivity contribution >= 4 is 29.3 Å². The molecule has 1 aromatic rings. The summed E-state index contributed by atoms with van der Waals surface area (Å²) < 4.78 is 4.50. The maximum atomic E-state index is 11.8. The monoisotopic (exact) mass is 267 g/mol. The van der Waals surface area contributed by atoms with E-state index < -0.39 is 0 Å². The number of hydrogen-bond acceptors (Lipinski definition) is 4. The molecule has 0 aromatic heterocycles. The zero-order chi connectivity index (χ0) is 13.5. The van der Waals surface area contributed by atoms with E-state index in [9.17, 15) is 9.59 Å². The Labute approximate surface area is 111 Å². The number of amides is 1. The molecule has 0 saturated carbocycles. The summed E-state index contributed by atoms with van der Waals surface area (Å²) in [6, 6.07) is 7.71. The molecular weight excluding hydrogens is 250 g/mol. The second-order valence-corrected chi connectivity index (χ2v) is 4.61. The minimum Gasteiger partial charge on any atom is -0.469 e. The van der Waals surface area contributed by atoms with Crippen LogP contribution in [0.1, 0.15) is 12.8 Å². The Morgan fingerprint density at radius 1 is 1.22 bits per heavy atom. The van der Waals surface area contributed by atoms with Gasteiger partial charge in [0.15, 0.2) is 0 Å². The third kappa shape index (κ3) is 4.07. The molecular formula is C13H17NO3S. The quantitative estimate of drug-likeness (QED) is 0.607. The number of thioether (sulfide) groups is 1. The predicted molar refractivity (Wildman–Crippen MR) is 72.9 cm³/mol. The van der Waals surface area contributed by atoms with E-state index in [1.54, 1.807) is 23.7 Å². The number of anilines is 1. The molecule has 5 heteroatoms. The molecule has 1 rings (SSSR count). The number of carbonyl (C=O) groups is 2. The summed E-state index contributed by atoms with van der Waals surface area (Å²) in [5, 5.41) is 0. The molecule has 0 aliphatic heterocycles. The Kier molecular flexibility index (Phi) is 5.71. The molecule has 0 heterocycles. The predicted octanol–water partition coefficient (Wildman–Crippen LogP) is 2.32. The van der Waals surface area contributed by atoms with E-state index in [0.29, 0.717) is 0 Å². The van der Waals surface area contributed by atoms with Crippen LogP contribution in [0.4, 0.5) is 5.69 Å². The van der Waals surface area contributed by atoms with Crippen LogP contribution >= 0.6 is 11.8 Å². The molecule has 1 amide bonds. The number of nitrogens with zero attached hydrogens (tertiary/aromatic N) is 1. The van der Waals surface area contributed by atoms with E-state index in [-0.39, 0.29) is 24.7 Å². The highest BCUT2D eigenvalue weighted by Gasteiger charge is 2.12. The minimum absolute atomic E-state index is 0.0997. The fourth-order valence-electron chi connectivity index (χ4n) is 1.43. The van der Waals surface area contributed by atoms with Gasteiger partial charge < -0.3 is 9.64 Å². The third-order valence-corrected chi connectivity index (χ3v) is 3.35. The summed E-state index contributed by atoms with van der Waals surface area (Å²) in [6.07, 6.45) is 2.27. The van der Waals surface area contributed by atoms with Crippen molar-refractivity contribution in [2.75, 3.05) is 25.3 Å². The summed E-state index contributed by atoms with van der Waals surface area (Å²) in [7, 11) is 3.02. The lowest BCUT2D eigenvalue weighted by atomic mass is 10.2. The highest BCUT2D eigenvalue weighted by molar-refractivity contribution is 7.98. The van der Waals surface area contributed by atoms with Crippen LogP contribution in [0.5, 0.6) is 0 Å². The molecule has 0 aliphatic carbocycles. The topological polar surface area (TPSA) is 46.6 Å². The summed E-state index contributed by atoms with van der Waals surface area (Å²) in [5.74, 6) is -0.466. The van der Waals surface area contributed by atoms with Crippen LogP contribution in [0, 0.1) is 0 Å². The second kappa shape index (κ2) is 7.06. The van der Waals surface area contributed by atoms with E-state index in [0.717, 1.165) is 10.6 Å². The molecule has 18 heavy (non-hydrogen) atoms. The molecule has 0 radical (unpaired) electrons. The normalized spacial score (nSPS) is 9.94. The van der Waals surface area contributed by atoms with E-state index in [1.165, 1.54) is 7.11 Å². The SMILES string of the molecule is COC(=O)CCC(=O)N(C)c1ccc(SC)cc1. The van der Waals surface area contributed by atoms with Gasteiger partial charge in [-0.1, -0.05) is 0 Å². The van der Waals surface area contributed by atoms with Crippen molar-refractivity contribution in [1.29, 1.82) is 0 Å². The first-order chi connectivity index (χ1) is 8.58. The Hall–Kier alpha value is -1.49. The fraction of sp³-hybridized carbons (Fsp3) is 0.385. The molecule has 1 aromatic carbocycles. The highest BCUT2D eigenvalue weighted by Crippen LogP contribution is 2.20. The average molecular weight is 267 g/mol. The molecule has 0 unspecified atom stereocenters. The largest absolute Gasteiger partial charge is 0.469 e. The second-order valence-electron chi connectivity index (χ2n) is 3.73. The van der Waals surface area contributed by atoms with Crippen molar-refractivity contribution in [3.63, 3.8) is 0 Å². The molecule has 0 spiro atoms. The van der Waals surface area contributed by atoms with Crippen LogP contribution in [0.3, 0.4) is 0 Å². The lowest BCUT2D eigenvalue weighted by Crippen LogP contribution is -2.26.